The van der Waals surface area contributed by atoms with Gasteiger partial charge in [0.25, 0.3) is 0 Å². The van der Waals surface area contributed by atoms with Crippen LogP contribution in [0.1, 0.15) is 43.0 Å². The van der Waals surface area contributed by atoms with Gasteiger partial charge in [-0.2, -0.15) is 11.8 Å². The fourth-order valence-corrected chi connectivity index (χ4v) is 2.31. The normalized spacial score (nSPS) is 10.3. The van der Waals surface area contributed by atoms with Crippen LogP contribution in [0.25, 0.3) is 0 Å². The van der Waals surface area contributed by atoms with Crippen molar-refractivity contribution in [1.82, 2.24) is 4.98 Å². The van der Waals surface area contributed by atoms with Crippen LogP contribution in [0.15, 0.2) is 24.5 Å². The van der Waals surface area contributed by atoms with Crippen molar-refractivity contribution in [3.05, 3.63) is 30.1 Å². The molecule has 1 aromatic heterocycles. The van der Waals surface area contributed by atoms with E-state index < -0.39 is 0 Å². The highest BCUT2D eigenvalue weighted by molar-refractivity contribution is 7.99. The predicted octanol–water partition coefficient (Wildman–Crippen LogP) is 3.55. The Bertz CT molecular complexity index is 330. The van der Waals surface area contributed by atoms with Crippen LogP contribution in [0.5, 0.6) is 0 Å². The molecule has 0 aliphatic carbocycles. The third-order valence-corrected chi connectivity index (χ3v) is 3.53. The summed E-state index contributed by atoms with van der Waals surface area (Å²) in [4.78, 5) is 15.4. The summed E-state index contributed by atoms with van der Waals surface area (Å²) < 4.78 is 5.16. The van der Waals surface area contributed by atoms with Gasteiger partial charge in [0.05, 0.1) is 5.56 Å². The monoisotopic (exact) mass is 267 g/mol. The molecule has 0 radical (unpaired) electrons. The van der Waals surface area contributed by atoms with Crippen molar-refractivity contribution in [2.45, 2.75) is 32.6 Å². The molecule has 0 aliphatic rings. The summed E-state index contributed by atoms with van der Waals surface area (Å²) >= 11 is 1.85. The van der Waals surface area contributed by atoms with E-state index in [1.165, 1.54) is 31.9 Å². The zero-order valence-corrected chi connectivity index (χ0v) is 11.7. The Labute approximate surface area is 113 Å². The molecule has 1 heterocycles. The second-order valence-electron chi connectivity index (χ2n) is 4.05. The lowest BCUT2D eigenvalue weighted by Crippen LogP contribution is -2.08. The molecule has 1 rings (SSSR count). The highest BCUT2D eigenvalue weighted by Gasteiger charge is 2.05. The number of pyridine rings is 1. The molecule has 0 fully saturated rings. The summed E-state index contributed by atoms with van der Waals surface area (Å²) in [5, 5.41) is 0. The number of thioether (sulfide) groups is 1. The first-order chi connectivity index (χ1) is 8.84. The first-order valence-electron chi connectivity index (χ1n) is 6.49. The maximum Gasteiger partial charge on any atom is 0.339 e. The second kappa shape index (κ2) is 9.95. The minimum Gasteiger partial charge on any atom is -0.461 e. The molecule has 0 aliphatic heterocycles. The number of rotatable bonds is 9. The quantitative estimate of drug-likeness (QED) is 0.506. The van der Waals surface area contributed by atoms with Gasteiger partial charge in [0, 0.05) is 18.1 Å². The first-order valence-corrected chi connectivity index (χ1v) is 7.65. The van der Waals surface area contributed by atoms with Crippen LogP contribution >= 0.6 is 11.8 Å². The van der Waals surface area contributed by atoms with Crippen molar-refractivity contribution in [3.63, 3.8) is 0 Å². The summed E-state index contributed by atoms with van der Waals surface area (Å²) in [5.74, 6) is 1.75. The summed E-state index contributed by atoms with van der Waals surface area (Å²) in [6.07, 6.45) is 8.32. The van der Waals surface area contributed by atoms with Gasteiger partial charge in [0.1, 0.15) is 6.61 Å². The Balaban J connectivity index is 2.00. The van der Waals surface area contributed by atoms with Crippen molar-refractivity contribution in [2.75, 3.05) is 18.1 Å². The van der Waals surface area contributed by atoms with E-state index in [0.717, 1.165) is 11.5 Å². The molecule has 0 unspecified atom stereocenters. The minimum atomic E-state index is -0.283. The number of carbonyl (C=O) groups excluding carboxylic acids is 1. The highest BCUT2D eigenvalue weighted by atomic mass is 32.2. The van der Waals surface area contributed by atoms with E-state index in [2.05, 4.69) is 11.9 Å². The van der Waals surface area contributed by atoms with E-state index in [0.29, 0.717) is 12.2 Å². The summed E-state index contributed by atoms with van der Waals surface area (Å²) in [6.45, 7) is 2.69. The largest absolute Gasteiger partial charge is 0.461 e. The molecule has 0 aromatic carbocycles. The number of unbranched alkanes of at least 4 members (excludes halogenated alkanes) is 3. The summed E-state index contributed by atoms with van der Waals surface area (Å²) in [5.41, 5.74) is 0.519. The molecular formula is C14H21NO2S. The molecule has 0 N–H and O–H groups in total. The molecular weight excluding hydrogens is 246 g/mol. The SMILES string of the molecule is CCCCCCSCCOC(=O)c1cccnc1. The van der Waals surface area contributed by atoms with E-state index in [9.17, 15) is 4.79 Å². The van der Waals surface area contributed by atoms with E-state index >= 15 is 0 Å². The molecule has 18 heavy (non-hydrogen) atoms. The Morgan fingerprint density at radius 2 is 2.22 bits per heavy atom. The van der Waals surface area contributed by atoms with Gasteiger partial charge in [-0.1, -0.05) is 26.2 Å². The van der Waals surface area contributed by atoms with E-state index in [1.54, 1.807) is 18.3 Å². The standard InChI is InChI=1S/C14H21NO2S/c1-2-3-4-5-10-18-11-9-17-14(16)13-7-6-8-15-12-13/h6-8,12H,2-5,9-11H2,1H3. The number of aromatic nitrogens is 1. The van der Waals surface area contributed by atoms with Crippen molar-refractivity contribution in [1.29, 1.82) is 0 Å². The molecule has 1 aromatic rings. The highest BCUT2D eigenvalue weighted by Crippen LogP contribution is 2.08. The fraction of sp³-hybridized carbons (Fsp3) is 0.571. The van der Waals surface area contributed by atoms with Gasteiger partial charge < -0.3 is 4.74 Å². The van der Waals surface area contributed by atoms with Gasteiger partial charge in [-0.05, 0) is 24.3 Å². The molecule has 3 nitrogen and oxygen atoms in total. The van der Waals surface area contributed by atoms with Crippen LogP contribution in [-0.2, 0) is 4.74 Å². The van der Waals surface area contributed by atoms with Crippen molar-refractivity contribution in [3.8, 4) is 0 Å². The number of ether oxygens (including phenoxy) is 1. The maximum absolute atomic E-state index is 11.5. The van der Waals surface area contributed by atoms with Crippen LogP contribution in [-0.4, -0.2) is 29.1 Å². The molecule has 0 atom stereocenters. The summed E-state index contributed by atoms with van der Waals surface area (Å²) in [6, 6.07) is 3.45. The zero-order chi connectivity index (χ0) is 13.1. The topological polar surface area (TPSA) is 39.2 Å². The summed E-state index contributed by atoms with van der Waals surface area (Å²) in [7, 11) is 0. The van der Waals surface area contributed by atoms with Gasteiger partial charge in [-0.25, -0.2) is 4.79 Å². The average Bonchev–Trinajstić information content (AvgIpc) is 2.42. The van der Waals surface area contributed by atoms with Gasteiger partial charge in [0.2, 0.25) is 0 Å². The van der Waals surface area contributed by atoms with Crippen LogP contribution in [0.3, 0.4) is 0 Å². The van der Waals surface area contributed by atoms with Crippen LogP contribution in [0.4, 0.5) is 0 Å². The molecule has 0 spiro atoms. The second-order valence-corrected chi connectivity index (χ2v) is 5.28. The number of esters is 1. The molecule has 0 saturated heterocycles. The Hall–Kier alpha value is -1.03. The van der Waals surface area contributed by atoms with Gasteiger partial charge >= 0.3 is 5.97 Å². The zero-order valence-electron chi connectivity index (χ0n) is 10.9. The van der Waals surface area contributed by atoms with Crippen molar-refractivity contribution < 1.29 is 9.53 Å². The molecule has 0 saturated carbocycles. The van der Waals surface area contributed by atoms with Gasteiger partial charge in [-0.15, -0.1) is 0 Å². The lowest BCUT2D eigenvalue weighted by molar-refractivity contribution is 0.0530. The van der Waals surface area contributed by atoms with Crippen LogP contribution in [0.2, 0.25) is 0 Å². The maximum atomic E-state index is 11.5. The molecule has 100 valence electrons. The Morgan fingerprint density at radius 1 is 1.33 bits per heavy atom. The number of hydrogen-bond donors (Lipinski definition) is 0. The number of carbonyl (C=O) groups is 1. The van der Waals surface area contributed by atoms with Crippen LogP contribution < -0.4 is 0 Å². The average molecular weight is 267 g/mol. The van der Waals surface area contributed by atoms with Gasteiger partial charge in [0.15, 0.2) is 0 Å². The Kier molecular flexibility index (Phi) is 8.30. The third-order valence-electron chi connectivity index (χ3n) is 2.50. The van der Waals surface area contributed by atoms with Gasteiger partial charge in [-0.3, -0.25) is 4.98 Å². The van der Waals surface area contributed by atoms with E-state index in [-0.39, 0.29) is 5.97 Å². The fourth-order valence-electron chi connectivity index (χ4n) is 1.49. The smallest absolute Gasteiger partial charge is 0.339 e. The predicted molar refractivity (Wildman–Crippen MR) is 76.0 cm³/mol. The van der Waals surface area contributed by atoms with Crippen molar-refractivity contribution >= 4 is 17.7 Å². The number of hydrogen-bond acceptors (Lipinski definition) is 4. The number of nitrogens with zero attached hydrogens (tertiary/aromatic N) is 1. The third kappa shape index (κ3) is 6.64. The van der Waals surface area contributed by atoms with E-state index in [4.69, 9.17) is 4.74 Å². The van der Waals surface area contributed by atoms with Crippen LogP contribution in [0, 0.1) is 0 Å². The first kappa shape index (κ1) is 15.0. The lowest BCUT2D eigenvalue weighted by Gasteiger charge is -2.04. The molecule has 0 bridgehead atoms. The Morgan fingerprint density at radius 3 is 2.94 bits per heavy atom. The lowest BCUT2D eigenvalue weighted by atomic mass is 10.2. The minimum absolute atomic E-state index is 0.283. The molecule has 0 amide bonds. The van der Waals surface area contributed by atoms with Crippen molar-refractivity contribution in [2.24, 2.45) is 0 Å². The molecule has 4 heteroatoms. The van der Waals surface area contributed by atoms with E-state index in [1.807, 2.05) is 11.8 Å².